The van der Waals surface area contributed by atoms with Crippen molar-refractivity contribution in [2.75, 3.05) is 0 Å². The van der Waals surface area contributed by atoms with Gasteiger partial charge in [-0.1, -0.05) is 194 Å². The van der Waals surface area contributed by atoms with E-state index in [4.69, 9.17) is 0 Å². The van der Waals surface area contributed by atoms with E-state index in [1.54, 1.807) is 5.82 Å². The number of unbranched alkanes of at least 4 members (excludes halogenated alkanes) is 29. The maximum absolute atomic E-state index is 2.63. The lowest BCUT2D eigenvalue weighted by Crippen LogP contribution is -2.37. The van der Waals surface area contributed by atoms with Gasteiger partial charge in [0.05, 0.1) is 13.1 Å². The molecule has 1 aromatic heterocycles. The molecule has 0 radical (unpaired) electrons. The summed E-state index contributed by atoms with van der Waals surface area (Å²) in [6.45, 7) is 9.41. The van der Waals surface area contributed by atoms with Gasteiger partial charge in [0.1, 0.15) is 12.4 Å². The van der Waals surface area contributed by atoms with Gasteiger partial charge < -0.3 is 0 Å². The van der Waals surface area contributed by atoms with Gasteiger partial charge >= 0.3 is 0 Å². The maximum Gasteiger partial charge on any atom is 0.256 e. The van der Waals surface area contributed by atoms with Crippen LogP contribution in [-0.2, 0) is 19.5 Å². The van der Waals surface area contributed by atoms with Crippen LogP contribution in [0.3, 0.4) is 0 Å². The van der Waals surface area contributed by atoms with Crippen LogP contribution in [0, 0.1) is 0 Å². The zero-order valence-corrected chi connectivity index (χ0v) is 30.3. The molecule has 43 heavy (non-hydrogen) atoms. The summed E-state index contributed by atoms with van der Waals surface area (Å²) >= 11 is 0. The Bertz CT molecular complexity index is 663. The molecule has 0 aromatic carbocycles. The molecule has 0 unspecified atom stereocenters. The molecule has 0 bridgehead atoms. The van der Waals surface area contributed by atoms with E-state index < -0.39 is 0 Å². The highest BCUT2D eigenvalue weighted by molar-refractivity contribution is 4.84. The van der Waals surface area contributed by atoms with Gasteiger partial charge in [0, 0.05) is 6.42 Å². The summed E-state index contributed by atoms with van der Waals surface area (Å²) in [5.41, 5.74) is 0. The zero-order valence-electron chi connectivity index (χ0n) is 30.3. The van der Waals surface area contributed by atoms with E-state index in [1.807, 2.05) is 0 Å². The Balaban J connectivity index is 2.22. The third kappa shape index (κ3) is 25.1. The molecule has 1 heterocycles. The van der Waals surface area contributed by atoms with Crippen LogP contribution in [0.4, 0.5) is 0 Å². The maximum atomic E-state index is 2.63. The molecule has 0 aliphatic rings. The SMILES string of the molecule is CCCCCCCCCCCCCCCC[n+]1ccn(CCCCCCCCCCCCCC)c1CCCCCCCC. The molecule has 254 valence electrons. The number of nitrogens with zero attached hydrogens (tertiary/aromatic N) is 2. The Hall–Kier alpha value is -0.790. The second-order valence-electron chi connectivity index (χ2n) is 14.1. The highest BCUT2D eigenvalue weighted by Gasteiger charge is 2.16. The molecular weight excluding hydrogens is 520 g/mol. The molecule has 0 spiro atoms. The molecule has 0 N–H and O–H groups in total. The Labute approximate surface area is 272 Å². The monoisotopic (exact) mass is 602 g/mol. The summed E-state index contributed by atoms with van der Waals surface area (Å²) in [6.07, 6.45) is 51.9. The molecular formula is C41H81N2+. The number of hydrogen-bond acceptors (Lipinski definition) is 0. The highest BCUT2D eigenvalue weighted by Crippen LogP contribution is 2.15. The van der Waals surface area contributed by atoms with Crippen molar-refractivity contribution in [3.05, 3.63) is 18.2 Å². The lowest BCUT2D eigenvalue weighted by molar-refractivity contribution is -0.704. The largest absolute Gasteiger partial charge is 0.256 e. The average molecular weight is 602 g/mol. The van der Waals surface area contributed by atoms with Gasteiger partial charge in [-0.05, 0) is 32.1 Å². The van der Waals surface area contributed by atoms with Crippen molar-refractivity contribution in [2.45, 2.75) is 246 Å². The first-order chi connectivity index (χ1) is 21.3. The number of hydrogen-bond donors (Lipinski definition) is 0. The van der Waals surface area contributed by atoms with Crippen molar-refractivity contribution in [1.82, 2.24) is 4.57 Å². The Morgan fingerprint density at radius 2 is 0.721 bits per heavy atom. The van der Waals surface area contributed by atoms with Crippen LogP contribution >= 0.6 is 0 Å². The number of imidazole rings is 1. The molecule has 1 rings (SSSR count). The van der Waals surface area contributed by atoms with E-state index in [9.17, 15) is 0 Å². The van der Waals surface area contributed by atoms with Crippen LogP contribution in [0.1, 0.15) is 232 Å². The van der Waals surface area contributed by atoms with E-state index in [-0.39, 0.29) is 0 Å². The number of aromatic nitrogens is 2. The van der Waals surface area contributed by atoms with Gasteiger partial charge in [-0.2, -0.15) is 0 Å². The minimum absolute atomic E-state index is 1.23. The van der Waals surface area contributed by atoms with Crippen molar-refractivity contribution in [1.29, 1.82) is 0 Å². The van der Waals surface area contributed by atoms with E-state index in [2.05, 4.69) is 42.3 Å². The second kappa shape index (κ2) is 32.6. The summed E-state index contributed by atoms with van der Waals surface area (Å²) in [5.74, 6) is 1.62. The molecule has 0 fully saturated rings. The third-order valence-electron chi connectivity index (χ3n) is 9.85. The topological polar surface area (TPSA) is 8.81 Å². The normalized spacial score (nSPS) is 11.6. The van der Waals surface area contributed by atoms with Crippen LogP contribution in [0.25, 0.3) is 0 Å². The van der Waals surface area contributed by atoms with Crippen molar-refractivity contribution in [2.24, 2.45) is 0 Å². The molecule has 2 heteroatoms. The van der Waals surface area contributed by atoms with Crippen LogP contribution in [0.2, 0.25) is 0 Å². The summed E-state index contributed by atoms with van der Waals surface area (Å²) in [7, 11) is 0. The van der Waals surface area contributed by atoms with E-state index in [0.717, 1.165) is 0 Å². The Morgan fingerprint density at radius 3 is 1.12 bits per heavy atom. The molecule has 2 nitrogen and oxygen atoms in total. The lowest BCUT2D eigenvalue weighted by Gasteiger charge is -2.07. The smallest absolute Gasteiger partial charge is 0.234 e. The fourth-order valence-corrected chi connectivity index (χ4v) is 6.86. The minimum atomic E-state index is 1.23. The molecule has 0 atom stereocenters. The minimum Gasteiger partial charge on any atom is -0.234 e. The van der Waals surface area contributed by atoms with Crippen molar-refractivity contribution < 1.29 is 4.57 Å². The van der Waals surface area contributed by atoms with Crippen LogP contribution < -0.4 is 4.57 Å². The van der Waals surface area contributed by atoms with E-state index >= 15 is 0 Å². The number of rotatable bonds is 35. The second-order valence-corrected chi connectivity index (χ2v) is 14.1. The molecule has 1 aromatic rings. The standard InChI is InChI=1S/C41H81N2/c1-4-7-10-13-16-18-20-22-23-25-27-29-32-35-38-43-40-39-42(41(43)36-33-30-15-12-9-6-3)37-34-31-28-26-24-21-19-17-14-11-8-5-2/h39-40H,4-38H2,1-3H3/q+1. The average Bonchev–Trinajstić information content (AvgIpc) is 3.40. The lowest BCUT2D eigenvalue weighted by atomic mass is 10.0. The van der Waals surface area contributed by atoms with E-state index in [0.29, 0.717) is 0 Å². The van der Waals surface area contributed by atoms with Crippen LogP contribution in [0.5, 0.6) is 0 Å². The molecule has 0 saturated heterocycles. The van der Waals surface area contributed by atoms with Crippen LogP contribution in [0.15, 0.2) is 12.4 Å². The van der Waals surface area contributed by atoms with Crippen molar-refractivity contribution >= 4 is 0 Å². The molecule has 0 aliphatic heterocycles. The fraction of sp³-hybridized carbons (Fsp3) is 0.927. The van der Waals surface area contributed by atoms with Gasteiger partial charge in [0.2, 0.25) is 0 Å². The van der Waals surface area contributed by atoms with Crippen LogP contribution in [-0.4, -0.2) is 4.57 Å². The van der Waals surface area contributed by atoms with Gasteiger partial charge in [-0.15, -0.1) is 0 Å². The van der Waals surface area contributed by atoms with Crippen molar-refractivity contribution in [3.8, 4) is 0 Å². The fourth-order valence-electron chi connectivity index (χ4n) is 6.86. The number of aryl methyl sites for hydroxylation is 2. The first kappa shape index (κ1) is 40.2. The van der Waals surface area contributed by atoms with Crippen molar-refractivity contribution in [3.63, 3.8) is 0 Å². The summed E-state index contributed by atoms with van der Waals surface area (Å²) < 4.78 is 5.26. The quantitative estimate of drug-likeness (QED) is 0.0540. The molecule has 0 saturated carbocycles. The summed E-state index contributed by atoms with van der Waals surface area (Å²) in [5, 5.41) is 0. The predicted molar refractivity (Wildman–Crippen MR) is 193 cm³/mol. The third-order valence-corrected chi connectivity index (χ3v) is 9.85. The zero-order chi connectivity index (χ0) is 30.9. The summed E-state index contributed by atoms with van der Waals surface area (Å²) in [4.78, 5) is 0. The first-order valence-electron chi connectivity index (χ1n) is 20.4. The Kier molecular flexibility index (Phi) is 30.5. The van der Waals surface area contributed by atoms with E-state index in [1.165, 1.54) is 225 Å². The highest BCUT2D eigenvalue weighted by atomic mass is 15.1. The predicted octanol–water partition coefficient (Wildman–Crippen LogP) is 13.9. The Morgan fingerprint density at radius 1 is 0.395 bits per heavy atom. The van der Waals surface area contributed by atoms with Gasteiger partial charge in [0.15, 0.2) is 0 Å². The van der Waals surface area contributed by atoms with Gasteiger partial charge in [0.25, 0.3) is 5.82 Å². The first-order valence-corrected chi connectivity index (χ1v) is 20.4. The summed E-state index contributed by atoms with van der Waals surface area (Å²) in [6, 6.07) is 0. The van der Waals surface area contributed by atoms with Gasteiger partial charge in [-0.25, -0.2) is 9.13 Å². The molecule has 0 aliphatic carbocycles. The molecule has 0 amide bonds. The van der Waals surface area contributed by atoms with Gasteiger partial charge in [-0.3, -0.25) is 0 Å².